The number of nitrogens with zero attached hydrogens (tertiary/aromatic N) is 2. The number of hydrogen-bond acceptors (Lipinski definition) is 5. The van der Waals surface area contributed by atoms with Crippen molar-refractivity contribution in [3.8, 4) is 28.8 Å². The summed E-state index contributed by atoms with van der Waals surface area (Å²) >= 11 is 0. The zero-order chi connectivity index (χ0) is 13.8. The summed E-state index contributed by atoms with van der Waals surface area (Å²) in [6, 6.07) is 7.02. The highest BCUT2D eigenvalue weighted by atomic mass is 16.5. The molecule has 1 aromatic heterocycles. The molecule has 6 heteroatoms. The van der Waals surface area contributed by atoms with Gasteiger partial charge in [0.25, 0.3) is 5.56 Å². The molecule has 0 saturated heterocycles. The maximum absolute atomic E-state index is 11.6. The third kappa shape index (κ3) is 2.13. The maximum Gasteiger partial charge on any atom is 0.269 e. The Bertz CT molecular complexity index is 701. The smallest absolute Gasteiger partial charge is 0.269 e. The minimum absolute atomic E-state index is 0.0611. The molecule has 6 nitrogen and oxygen atoms in total. The van der Waals surface area contributed by atoms with E-state index in [1.807, 2.05) is 6.07 Å². The average Bonchev–Trinajstić information content (AvgIpc) is 2.45. The van der Waals surface area contributed by atoms with Crippen LogP contribution in [0.4, 0.5) is 0 Å². The van der Waals surface area contributed by atoms with Crippen LogP contribution >= 0.6 is 0 Å². The van der Waals surface area contributed by atoms with Crippen molar-refractivity contribution in [1.29, 1.82) is 5.26 Å². The largest absolute Gasteiger partial charge is 0.493 e. The topological polar surface area (TPSA) is 88.0 Å². The van der Waals surface area contributed by atoms with Gasteiger partial charge in [-0.05, 0) is 12.1 Å². The number of rotatable bonds is 3. The summed E-state index contributed by atoms with van der Waals surface area (Å²) in [6.45, 7) is 0. The molecule has 0 amide bonds. The van der Waals surface area contributed by atoms with Crippen molar-refractivity contribution in [1.82, 2.24) is 9.97 Å². The number of nitrogens with one attached hydrogen (secondary N) is 1. The van der Waals surface area contributed by atoms with Crippen LogP contribution in [0.15, 0.2) is 29.3 Å². The molecule has 2 rings (SSSR count). The van der Waals surface area contributed by atoms with Crippen LogP contribution in [-0.4, -0.2) is 24.2 Å². The fraction of sp³-hybridized carbons (Fsp3) is 0.154. The molecule has 1 heterocycles. The van der Waals surface area contributed by atoms with Gasteiger partial charge in [-0.2, -0.15) is 5.26 Å². The average molecular weight is 257 g/mol. The van der Waals surface area contributed by atoms with Gasteiger partial charge in [-0.25, -0.2) is 4.98 Å². The minimum Gasteiger partial charge on any atom is -0.493 e. The first-order valence-electron chi connectivity index (χ1n) is 5.42. The highest BCUT2D eigenvalue weighted by Gasteiger charge is 2.17. The van der Waals surface area contributed by atoms with Gasteiger partial charge in [0.05, 0.1) is 26.2 Å². The number of aromatic nitrogens is 2. The van der Waals surface area contributed by atoms with E-state index in [0.717, 1.165) is 0 Å². The molecule has 2 aromatic rings. The van der Waals surface area contributed by atoms with Crippen LogP contribution in [0, 0.1) is 11.3 Å². The molecule has 0 fully saturated rings. The number of H-pyrrole nitrogens is 1. The molecule has 1 N–H and O–H groups in total. The van der Waals surface area contributed by atoms with E-state index in [2.05, 4.69) is 9.97 Å². The zero-order valence-corrected chi connectivity index (χ0v) is 10.4. The van der Waals surface area contributed by atoms with Crippen LogP contribution < -0.4 is 15.0 Å². The Kier molecular flexibility index (Phi) is 3.48. The summed E-state index contributed by atoms with van der Waals surface area (Å²) in [5.41, 5.74) is 0.248. The number of aromatic amines is 1. The highest BCUT2D eigenvalue weighted by Crippen LogP contribution is 2.37. The van der Waals surface area contributed by atoms with Gasteiger partial charge >= 0.3 is 0 Å². The standard InChI is InChI=1S/C13H11N3O3/c1-18-10-5-3-4-8(12(10)19-2)11-9(6-14)13(17)16-7-15-11/h3-5,7H,1-2H3,(H,15,16,17). The summed E-state index contributed by atoms with van der Waals surface area (Å²) in [4.78, 5) is 18.0. The fourth-order valence-electron chi connectivity index (χ4n) is 1.78. The summed E-state index contributed by atoms with van der Waals surface area (Å²) in [7, 11) is 3.00. The van der Waals surface area contributed by atoms with Crippen LogP contribution in [0.25, 0.3) is 11.3 Å². The van der Waals surface area contributed by atoms with Crippen molar-refractivity contribution in [3.63, 3.8) is 0 Å². The molecule has 96 valence electrons. The van der Waals surface area contributed by atoms with E-state index in [1.54, 1.807) is 18.2 Å². The van der Waals surface area contributed by atoms with Crippen molar-refractivity contribution in [2.75, 3.05) is 14.2 Å². The third-order valence-corrected chi connectivity index (χ3v) is 2.62. The molecule has 0 atom stereocenters. The number of nitriles is 1. The summed E-state index contributed by atoms with van der Waals surface area (Å²) in [5.74, 6) is 0.936. The quantitative estimate of drug-likeness (QED) is 0.896. The summed E-state index contributed by atoms with van der Waals surface area (Å²) in [5, 5.41) is 9.07. The number of methoxy groups -OCH3 is 2. The SMILES string of the molecule is COc1cccc(-c2nc[nH]c(=O)c2C#N)c1OC. The Morgan fingerprint density at radius 2 is 2.11 bits per heavy atom. The van der Waals surface area contributed by atoms with Crippen LogP contribution in [0.2, 0.25) is 0 Å². The van der Waals surface area contributed by atoms with Crippen LogP contribution in [0.3, 0.4) is 0 Å². The van der Waals surface area contributed by atoms with Gasteiger partial charge in [-0.15, -0.1) is 0 Å². The van der Waals surface area contributed by atoms with E-state index in [-0.39, 0.29) is 11.3 Å². The monoisotopic (exact) mass is 257 g/mol. The van der Waals surface area contributed by atoms with Crippen molar-refractivity contribution in [3.05, 3.63) is 40.4 Å². The lowest BCUT2D eigenvalue weighted by Gasteiger charge is -2.12. The summed E-state index contributed by atoms with van der Waals surface area (Å²) in [6.07, 6.45) is 1.25. The Balaban J connectivity index is 2.77. The molecule has 0 bridgehead atoms. The predicted molar refractivity (Wildman–Crippen MR) is 68.1 cm³/mol. The molecule has 0 aliphatic rings. The lowest BCUT2D eigenvalue weighted by Crippen LogP contribution is -2.12. The molecule has 0 aliphatic heterocycles. The second-order valence-corrected chi connectivity index (χ2v) is 3.61. The van der Waals surface area contributed by atoms with Gasteiger partial charge in [0.1, 0.15) is 11.6 Å². The van der Waals surface area contributed by atoms with E-state index >= 15 is 0 Å². The zero-order valence-electron chi connectivity index (χ0n) is 10.4. The third-order valence-electron chi connectivity index (χ3n) is 2.62. The maximum atomic E-state index is 11.6. The number of para-hydroxylation sites is 1. The first kappa shape index (κ1) is 12.6. The van der Waals surface area contributed by atoms with Crippen molar-refractivity contribution >= 4 is 0 Å². The van der Waals surface area contributed by atoms with Gasteiger partial charge in [-0.1, -0.05) is 6.07 Å². The van der Waals surface area contributed by atoms with Crippen LogP contribution in [0.5, 0.6) is 11.5 Å². The number of ether oxygens (including phenoxy) is 2. The molecule has 0 saturated carbocycles. The van der Waals surface area contributed by atoms with Gasteiger partial charge in [0.15, 0.2) is 11.5 Å². The van der Waals surface area contributed by atoms with E-state index < -0.39 is 5.56 Å². The lowest BCUT2D eigenvalue weighted by atomic mass is 10.1. The molecule has 0 spiro atoms. The Labute approximate surface area is 109 Å². The van der Waals surface area contributed by atoms with E-state index in [0.29, 0.717) is 17.1 Å². The lowest BCUT2D eigenvalue weighted by molar-refractivity contribution is 0.356. The van der Waals surface area contributed by atoms with Crippen LogP contribution in [-0.2, 0) is 0 Å². The highest BCUT2D eigenvalue weighted by molar-refractivity contribution is 5.74. The second-order valence-electron chi connectivity index (χ2n) is 3.61. The number of hydrogen-bond donors (Lipinski definition) is 1. The molecule has 0 unspecified atom stereocenters. The first-order valence-corrected chi connectivity index (χ1v) is 5.42. The fourth-order valence-corrected chi connectivity index (χ4v) is 1.78. The molecule has 0 aliphatic carbocycles. The molecular weight excluding hydrogens is 246 g/mol. The number of benzene rings is 1. The van der Waals surface area contributed by atoms with E-state index in [9.17, 15) is 4.79 Å². The van der Waals surface area contributed by atoms with Crippen molar-refractivity contribution in [2.24, 2.45) is 0 Å². The van der Waals surface area contributed by atoms with Gasteiger partial charge in [-0.3, -0.25) is 4.79 Å². The second kappa shape index (κ2) is 5.23. The Morgan fingerprint density at radius 1 is 1.32 bits per heavy atom. The summed E-state index contributed by atoms with van der Waals surface area (Å²) < 4.78 is 10.5. The molecule has 19 heavy (non-hydrogen) atoms. The van der Waals surface area contributed by atoms with Gasteiger partial charge in [0, 0.05) is 5.56 Å². The van der Waals surface area contributed by atoms with Crippen LogP contribution in [0.1, 0.15) is 5.56 Å². The minimum atomic E-state index is -0.489. The first-order chi connectivity index (χ1) is 9.22. The Hall–Kier alpha value is -2.81. The van der Waals surface area contributed by atoms with E-state index in [1.165, 1.54) is 20.5 Å². The molecular formula is C13H11N3O3. The van der Waals surface area contributed by atoms with Gasteiger partial charge in [0.2, 0.25) is 0 Å². The predicted octanol–water partition coefficient (Wildman–Crippen LogP) is 1.33. The van der Waals surface area contributed by atoms with Crippen molar-refractivity contribution < 1.29 is 9.47 Å². The van der Waals surface area contributed by atoms with Crippen molar-refractivity contribution in [2.45, 2.75) is 0 Å². The van der Waals surface area contributed by atoms with E-state index in [4.69, 9.17) is 14.7 Å². The Morgan fingerprint density at radius 3 is 2.74 bits per heavy atom. The van der Waals surface area contributed by atoms with Gasteiger partial charge < -0.3 is 14.5 Å². The molecule has 0 radical (unpaired) electrons. The molecule has 1 aromatic carbocycles. The normalized spacial score (nSPS) is 9.74.